The van der Waals surface area contributed by atoms with Crippen LogP contribution >= 0.6 is 35.7 Å². The number of hydrogen-bond acceptors (Lipinski definition) is 5. The summed E-state index contributed by atoms with van der Waals surface area (Å²) in [5.74, 6) is 1.66. The third-order valence-corrected chi connectivity index (χ3v) is 6.73. The van der Waals surface area contributed by atoms with Gasteiger partial charge in [0.1, 0.15) is 0 Å². The summed E-state index contributed by atoms with van der Waals surface area (Å²) in [7, 11) is 0. The third kappa shape index (κ3) is 5.81. The highest BCUT2D eigenvalue weighted by Gasteiger charge is 2.11. The molecule has 30 heavy (non-hydrogen) atoms. The Morgan fingerprint density at radius 1 is 0.633 bits per heavy atom. The lowest BCUT2D eigenvalue weighted by molar-refractivity contribution is 0.601. The molecule has 0 fully saturated rings. The van der Waals surface area contributed by atoms with Gasteiger partial charge in [-0.05, 0) is 28.9 Å². The van der Waals surface area contributed by atoms with Crippen LogP contribution < -0.4 is 0 Å². The Hall–Kier alpha value is -2.41. The number of thioether (sulfide) groups is 2. The van der Waals surface area contributed by atoms with Crippen LogP contribution in [0.15, 0.2) is 101 Å². The first-order chi connectivity index (χ1) is 14.8. The van der Waals surface area contributed by atoms with Gasteiger partial charge in [0.15, 0.2) is 10.3 Å². The highest BCUT2D eigenvalue weighted by atomic mass is 32.2. The van der Waals surface area contributed by atoms with Crippen LogP contribution in [0.2, 0.25) is 0 Å². The summed E-state index contributed by atoms with van der Waals surface area (Å²) in [5, 5.41) is 1.63. The van der Waals surface area contributed by atoms with Gasteiger partial charge in [-0.1, -0.05) is 115 Å². The number of hydrogen-bond donors (Lipinski definition) is 0. The molecule has 0 spiro atoms. The second kappa shape index (κ2) is 10.6. The van der Waals surface area contributed by atoms with E-state index in [1.54, 1.807) is 23.5 Å². The van der Waals surface area contributed by atoms with E-state index in [-0.39, 0.29) is 0 Å². The van der Waals surface area contributed by atoms with Crippen LogP contribution in [0.25, 0.3) is 0 Å². The Morgan fingerprint density at radius 2 is 1.13 bits per heavy atom. The molecule has 150 valence electrons. The molecule has 4 aromatic rings. The lowest BCUT2D eigenvalue weighted by Gasteiger charge is -2.14. The van der Waals surface area contributed by atoms with E-state index in [1.165, 1.54) is 16.7 Å². The fourth-order valence-electron chi connectivity index (χ4n) is 2.91. The second-order valence-corrected chi connectivity index (χ2v) is 8.94. The van der Waals surface area contributed by atoms with Gasteiger partial charge in [0.05, 0.1) is 6.54 Å². The van der Waals surface area contributed by atoms with Crippen molar-refractivity contribution in [3.05, 3.63) is 112 Å². The second-order valence-electron chi connectivity index (χ2n) is 6.69. The van der Waals surface area contributed by atoms with Crippen molar-refractivity contribution in [2.75, 3.05) is 0 Å². The molecule has 0 aliphatic heterocycles. The molecule has 1 heterocycles. The third-order valence-electron chi connectivity index (χ3n) is 4.45. The zero-order chi connectivity index (χ0) is 20.6. The van der Waals surface area contributed by atoms with Crippen molar-refractivity contribution >= 4 is 35.7 Å². The molecule has 0 unspecified atom stereocenters. The van der Waals surface area contributed by atoms with Gasteiger partial charge in [0.2, 0.25) is 4.77 Å². The van der Waals surface area contributed by atoms with Crippen molar-refractivity contribution in [2.24, 2.45) is 0 Å². The minimum absolute atomic E-state index is 0.569. The summed E-state index contributed by atoms with van der Waals surface area (Å²) >= 11 is 9.00. The van der Waals surface area contributed by atoms with E-state index in [1.807, 2.05) is 34.9 Å². The highest BCUT2D eigenvalue weighted by Crippen LogP contribution is 2.26. The summed E-state index contributed by atoms with van der Waals surface area (Å²) in [4.78, 5) is 9.49. The van der Waals surface area contributed by atoms with Gasteiger partial charge in [-0.2, -0.15) is 9.97 Å². The van der Waals surface area contributed by atoms with Crippen LogP contribution in [-0.4, -0.2) is 14.5 Å². The molecule has 0 saturated heterocycles. The van der Waals surface area contributed by atoms with E-state index in [9.17, 15) is 0 Å². The summed E-state index contributed by atoms with van der Waals surface area (Å²) in [6.07, 6.45) is 0. The van der Waals surface area contributed by atoms with Gasteiger partial charge in [-0.3, -0.25) is 4.57 Å². The van der Waals surface area contributed by atoms with Crippen molar-refractivity contribution < 1.29 is 0 Å². The van der Waals surface area contributed by atoms with E-state index in [4.69, 9.17) is 17.2 Å². The molecule has 0 aliphatic carbocycles. The molecular formula is C24H21N3S3. The van der Waals surface area contributed by atoms with Gasteiger partial charge in [0.25, 0.3) is 0 Å². The Bertz CT molecular complexity index is 1130. The molecule has 6 heteroatoms. The number of rotatable bonds is 8. The first-order valence-corrected chi connectivity index (χ1v) is 12.0. The smallest absolute Gasteiger partial charge is 0.204 e. The molecule has 0 atom stereocenters. The predicted octanol–water partition coefficient (Wildman–Crippen LogP) is 6.64. The predicted molar refractivity (Wildman–Crippen MR) is 128 cm³/mol. The average Bonchev–Trinajstić information content (AvgIpc) is 2.80. The molecule has 0 aliphatic rings. The van der Waals surface area contributed by atoms with Crippen LogP contribution in [0, 0.1) is 4.77 Å². The quantitative estimate of drug-likeness (QED) is 0.223. The van der Waals surface area contributed by atoms with E-state index < -0.39 is 0 Å². The molecule has 1 aromatic heterocycles. The Balaban J connectivity index is 1.59. The molecule has 3 nitrogen and oxygen atoms in total. The maximum atomic E-state index is 5.67. The maximum absolute atomic E-state index is 5.67. The molecule has 0 amide bonds. The fourth-order valence-corrected chi connectivity index (χ4v) is 5.06. The molecule has 0 bridgehead atoms. The van der Waals surface area contributed by atoms with E-state index in [2.05, 4.69) is 65.6 Å². The SMILES string of the molecule is S=c1nc(SCc2ccccc2)nc(SCc2ccccc2)n1Cc1ccccc1. The summed E-state index contributed by atoms with van der Waals surface area (Å²) in [5.41, 5.74) is 3.69. The number of aromatic nitrogens is 3. The molecule has 3 aromatic carbocycles. The minimum atomic E-state index is 0.569. The van der Waals surface area contributed by atoms with Crippen molar-refractivity contribution in [1.82, 2.24) is 14.5 Å². The molecule has 0 saturated carbocycles. The molecule has 0 radical (unpaired) electrons. The highest BCUT2D eigenvalue weighted by molar-refractivity contribution is 7.99. The normalized spacial score (nSPS) is 10.8. The van der Waals surface area contributed by atoms with Gasteiger partial charge >= 0.3 is 0 Å². The Morgan fingerprint density at radius 3 is 1.70 bits per heavy atom. The summed E-state index contributed by atoms with van der Waals surface area (Å²) < 4.78 is 2.60. The Labute approximate surface area is 190 Å². The van der Waals surface area contributed by atoms with Crippen molar-refractivity contribution in [3.63, 3.8) is 0 Å². The maximum Gasteiger partial charge on any atom is 0.204 e. The van der Waals surface area contributed by atoms with E-state index in [0.717, 1.165) is 21.8 Å². The van der Waals surface area contributed by atoms with Crippen LogP contribution in [0.5, 0.6) is 0 Å². The lowest BCUT2D eigenvalue weighted by atomic mass is 10.2. The van der Waals surface area contributed by atoms with Crippen molar-refractivity contribution in [2.45, 2.75) is 28.4 Å². The van der Waals surface area contributed by atoms with Crippen LogP contribution in [0.3, 0.4) is 0 Å². The van der Waals surface area contributed by atoms with E-state index >= 15 is 0 Å². The monoisotopic (exact) mass is 447 g/mol. The average molecular weight is 448 g/mol. The minimum Gasteiger partial charge on any atom is -0.291 e. The standard InChI is InChI=1S/C24H21N3S3/c28-23-25-22(29-17-20-12-6-2-7-13-20)26-24(30-18-21-14-8-3-9-15-21)27(23)16-19-10-4-1-5-11-19/h1-15H,16-18H2. The first-order valence-electron chi connectivity index (χ1n) is 9.64. The van der Waals surface area contributed by atoms with E-state index in [0.29, 0.717) is 11.3 Å². The number of benzene rings is 3. The summed E-state index contributed by atoms with van der Waals surface area (Å²) in [6, 6.07) is 31.1. The zero-order valence-electron chi connectivity index (χ0n) is 16.3. The van der Waals surface area contributed by atoms with Crippen molar-refractivity contribution in [3.8, 4) is 0 Å². The van der Waals surface area contributed by atoms with Gasteiger partial charge in [-0.25, -0.2) is 0 Å². The van der Waals surface area contributed by atoms with Gasteiger partial charge in [0, 0.05) is 11.5 Å². The molecule has 4 rings (SSSR count). The van der Waals surface area contributed by atoms with Crippen LogP contribution in [-0.2, 0) is 18.1 Å². The molecular weight excluding hydrogens is 426 g/mol. The van der Waals surface area contributed by atoms with Crippen molar-refractivity contribution in [1.29, 1.82) is 0 Å². The fraction of sp³-hybridized carbons (Fsp3) is 0.125. The molecule has 0 N–H and O–H groups in total. The van der Waals surface area contributed by atoms with Crippen LogP contribution in [0.4, 0.5) is 0 Å². The van der Waals surface area contributed by atoms with Gasteiger partial charge < -0.3 is 0 Å². The summed E-state index contributed by atoms with van der Waals surface area (Å²) in [6.45, 7) is 0.667. The lowest BCUT2D eigenvalue weighted by Crippen LogP contribution is -2.10. The number of nitrogens with zero attached hydrogens (tertiary/aromatic N) is 3. The van der Waals surface area contributed by atoms with Gasteiger partial charge in [-0.15, -0.1) is 0 Å². The largest absolute Gasteiger partial charge is 0.291 e. The Kier molecular flexibility index (Phi) is 7.34. The van der Waals surface area contributed by atoms with Crippen LogP contribution in [0.1, 0.15) is 16.7 Å². The topological polar surface area (TPSA) is 30.7 Å². The first kappa shape index (κ1) is 20.8. The zero-order valence-corrected chi connectivity index (χ0v) is 18.8.